The van der Waals surface area contributed by atoms with Gasteiger partial charge in [-0.25, -0.2) is 0 Å². The first-order valence-corrected chi connectivity index (χ1v) is 4.95. The molecule has 0 aliphatic carbocycles. The van der Waals surface area contributed by atoms with Crippen LogP contribution in [0.5, 0.6) is 5.75 Å². The van der Waals surface area contributed by atoms with Crippen LogP contribution in [0, 0.1) is 0 Å². The number of alkyl halides is 8. The van der Waals surface area contributed by atoms with E-state index in [0.717, 1.165) is 29.6 Å². The summed E-state index contributed by atoms with van der Waals surface area (Å²) in [4.78, 5) is 0. The Morgan fingerprint density at radius 2 is 1.40 bits per heavy atom. The van der Waals surface area contributed by atoms with E-state index in [9.17, 15) is 35.1 Å². The minimum atomic E-state index is -5.64. The molecule has 0 aliphatic rings. The normalized spacial score (nSPS) is 12.9. The highest BCUT2D eigenvalue weighted by Crippen LogP contribution is 2.37. The molecule has 0 bridgehead atoms. The highest BCUT2D eigenvalue weighted by molar-refractivity contribution is 5.57. The van der Waals surface area contributed by atoms with Crippen LogP contribution in [-0.2, 0) is 0 Å². The van der Waals surface area contributed by atoms with Crippen LogP contribution in [0.25, 0.3) is 0 Å². The molecule has 0 aromatic heterocycles. The SMILES string of the molecule is FC(F)Oc1ccccc1NC(C(F)(F)F)C(F)(F)F. The molecule has 114 valence electrons. The van der Waals surface area contributed by atoms with Crippen molar-refractivity contribution in [3.05, 3.63) is 24.3 Å². The summed E-state index contributed by atoms with van der Waals surface area (Å²) in [6.45, 7) is -3.38. The van der Waals surface area contributed by atoms with Gasteiger partial charge in [-0.15, -0.1) is 0 Å². The molecule has 0 atom stereocenters. The van der Waals surface area contributed by atoms with Crippen LogP contribution in [0.1, 0.15) is 0 Å². The number of hydrogen-bond donors (Lipinski definition) is 1. The fraction of sp³-hybridized carbons (Fsp3) is 0.400. The molecule has 1 aromatic carbocycles. The lowest BCUT2D eigenvalue weighted by Gasteiger charge is -2.25. The van der Waals surface area contributed by atoms with Crippen LogP contribution in [0.3, 0.4) is 0 Å². The van der Waals surface area contributed by atoms with E-state index in [-0.39, 0.29) is 0 Å². The summed E-state index contributed by atoms with van der Waals surface area (Å²) >= 11 is 0. The number of anilines is 1. The molecule has 1 N–H and O–H groups in total. The molecule has 2 nitrogen and oxygen atoms in total. The summed E-state index contributed by atoms with van der Waals surface area (Å²) in [7, 11) is 0. The van der Waals surface area contributed by atoms with Gasteiger partial charge in [-0.1, -0.05) is 12.1 Å². The number of para-hydroxylation sites is 2. The molecule has 0 spiro atoms. The second kappa shape index (κ2) is 5.71. The van der Waals surface area contributed by atoms with Gasteiger partial charge in [0.05, 0.1) is 5.69 Å². The third kappa shape index (κ3) is 4.42. The van der Waals surface area contributed by atoms with Crippen molar-refractivity contribution in [2.45, 2.75) is 25.0 Å². The number of ether oxygens (including phenoxy) is 1. The zero-order valence-electron chi connectivity index (χ0n) is 9.40. The third-order valence-corrected chi connectivity index (χ3v) is 2.06. The Morgan fingerprint density at radius 1 is 0.900 bits per heavy atom. The van der Waals surface area contributed by atoms with Gasteiger partial charge in [-0.3, -0.25) is 0 Å². The molecule has 1 rings (SSSR count). The van der Waals surface area contributed by atoms with Crippen LogP contribution in [0.15, 0.2) is 24.3 Å². The smallest absolute Gasteiger partial charge is 0.417 e. The predicted molar refractivity (Wildman–Crippen MR) is 52.6 cm³/mol. The maximum atomic E-state index is 12.3. The van der Waals surface area contributed by atoms with E-state index in [0.29, 0.717) is 0 Å². The lowest BCUT2D eigenvalue weighted by Crippen LogP contribution is -2.48. The van der Waals surface area contributed by atoms with Gasteiger partial charge in [0.15, 0.2) is 0 Å². The van der Waals surface area contributed by atoms with Crippen molar-refractivity contribution in [3.63, 3.8) is 0 Å². The molecule has 0 fully saturated rings. The van der Waals surface area contributed by atoms with Crippen molar-refractivity contribution < 1.29 is 39.9 Å². The lowest BCUT2D eigenvalue weighted by atomic mass is 10.2. The van der Waals surface area contributed by atoms with Crippen molar-refractivity contribution in [1.82, 2.24) is 0 Å². The molecule has 0 radical (unpaired) electrons. The van der Waals surface area contributed by atoms with Gasteiger partial charge in [0.25, 0.3) is 0 Å². The zero-order chi connectivity index (χ0) is 15.6. The monoisotopic (exact) mass is 309 g/mol. The van der Waals surface area contributed by atoms with E-state index in [4.69, 9.17) is 0 Å². The number of halogens is 8. The second-order valence-corrected chi connectivity index (χ2v) is 3.54. The summed E-state index contributed by atoms with van der Waals surface area (Å²) < 4.78 is 102. The van der Waals surface area contributed by atoms with Crippen molar-refractivity contribution in [3.8, 4) is 5.75 Å². The Morgan fingerprint density at radius 3 is 1.85 bits per heavy atom. The molecule has 0 saturated carbocycles. The third-order valence-electron chi connectivity index (χ3n) is 2.06. The molecular weight excluding hydrogens is 302 g/mol. The second-order valence-electron chi connectivity index (χ2n) is 3.54. The van der Waals surface area contributed by atoms with E-state index in [2.05, 4.69) is 4.74 Å². The van der Waals surface area contributed by atoms with Crippen molar-refractivity contribution in [1.29, 1.82) is 0 Å². The van der Waals surface area contributed by atoms with E-state index in [1.807, 2.05) is 0 Å². The van der Waals surface area contributed by atoms with E-state index in [1.54, 1.807) is 0 Å². The number of nitrogens with one attached hydrogen (secondary N) is 1. The molecule has 0 aliphatic heterocycles. The van der Waals surface area contributed by atoms with Crippen LogP contribution in [-0.4, -0.2) is 25.0 Å². The first kappa shape index (κ1) is 16.3. The van der Waals surface area contributed by atoms with Crippen LogP contribution >= 0.6 is 0 Å². The van der Waals surface area contributed by atoms with Gasteiger partial charge in [0, 0.05) is 0 Å². The molecule has 0 amide bonds. The number of benzene rings is 1. The quantitative estimate of drug-likeness (QED) is 0.842. The standard InChI is InChI=1S/C10H7F8NO/c11-8(12)20-6-4-2-1-3-5(6)19-7(9(13,14)15)10(16,17)18/h1-4,7-8,19H. The first-order chi connectivity index (χ1) is 9.01. The van der Waals surface area contributed by atoms with Crippen LogP contribution in [0.4, 0.5) is 40.8 Å². The number of hydrogen-bond acceptors (Lipinski definition) is 2. The van der Waals surface area contributed by atoms with E-state index < -0.39 is 36.4 Å². The average Bonchev–Trinajstić information content (AvgIpc) is 2.23. The Hall–Kier alpha value is -1.74. The van der Waals surface area contributed by atoms with Gasteiger partial charge < -0.3 is 10.1 Å². The van der Waals surface area contributed by atoms with Gasteiger partial charge in [0.2, 0.25) is 6.04 Å². The Labute approximate surface area is 107 Å². The topological polar surface area (TPSA) is 21.3 Å². The molecule has 0 unspecified atom stereocenters. The summed E-state index contributed by atoms with van der Waals surface area (Å²) in [6, 6.07) is -0.109. The fourth-order valence-corrected chi connectivity index (χ4v) is 1.29. The Balaban J connectivity index is 3.06. The maximum Gasteiger partial charge on any atom is 0.417 e. The van der Waals surface area contributed by atoms with E-state index in [1.165, 1.54) is 0 Å². The molecule has 1 aromatic rings. The first-order valence-electron chi connectivity index (χ1n) is 4.95. The highest BCUT2D eigenvalue weighted by Gasteiger charge is 2.57. The summed E-state index contributed by atoms with van der Waals surface area (Å²) in [5.41, 5.74) is -0.840. The van der Waals surface area contributed by atoms with Crippen molar-refractivity contribution >= 4 is 5.69 Å². The number of rotatable bonds is 4. The maximum absolute atomic E-state index is 12.3. The zero-order valence-corrected chi connectivity index (χ0v) is 9.40. The molecular formula is C10H7F8NO. The van der Waals surface area contributed by atoms with Gasteiger partial charge >= 0.3 is 19.0 Å². The van der Waals surface area contributed by atoms with Crippen molar-refractivity contribution in [2.75, 3.05) is 5.32 Å². The van der Waals surface area contributed by atoms with Crippen LogP contribution in [0.2, 0.25) is 0 Å². The fourth-order valence-electron chi connectivity index (χ4n) is 1.29. The van der Waals surface area contributed by atoms with Gasteiger partial charge in [-0.05, 0) is 12.1 Å². The average molecular weight is 309 g/mol. The predicted octanol–water partition coefficient (Wildman–Crippen LogP) is 4.19. The van der Waals surface area contributed by atoms with Crippen LogP contribution < -0.4 is 10.1 Å². The minimum absolute atomic E-state index is 0.766. The Bertz CT molecular complexity index is 428. The molecule has 20 heavy (non-hydrogen) atoms. The molecule has 10 heteroatoms. The molecule has 0 heterocycles. The van der Waals surface area contributed by atoms with Crippen molar-refractivity contribution in [2.24, 2.45) is 0 Å². The van der Waals surface area contributed by atoms with Gasteiger partial charge in [-0.2, -0.15) is 35.1 Å². The van der Waals surface area contributed by atoms with E-state index >= 15 is 0 Å². The largest absolute Gasteiger partial charge is 0.433 e. The minimum Gasteiger partial charge on any atom is -0.433 e. The summed E-state index contributed by atoms with van der Waals surface area (Å²) in [5.74, 6) is -0.819. The lowest BCUT2D eigenvalue weighted by molar-refractivity contribution is -0.242. The summed E-state index contributed by atoms with van der Waals surface area (Å²) in [5, 5.41) is 1.12. The highest BCUT2D eigenvalue weighted by atomic mass is 19.4. The summed E-state index contributed by atoms with van der Waals surface area (Å²) in [6.07, 6.45) is -11.3. The Kier molecular flexibility index (Phi) is 4.66. The van der Waals surface area contributed by atoms with Gasteiger partial charge in [0.1, 0.15) is 5.75 Å². The molecule has 0 saturated heterocycles.